The Morgan fingerprint density at radius 2 is 2.16 bits per heavy atom. The quantitative estimate of drug-likeness (QED) is 0.632. The normalized spacial score (nSPS) is 12.0. The second-order valence-corrected chi connectivity index (χ2v) is 3.92. The molecule has 3 N–H and O–H groups in total. The summed E-state index contributed by atoms with van der Waals surface area (Å²) < 4.78 is 26.4. The number of halogens is 2. The second-order valence-electron chi connectivity index (χ2n) is 3.92. The lowest BCUT2D eigenvalue weighted by atomic mass is 10.1. The minimum absolute atomic E-state index is 0.350. The molecule has 0 bridgehead atoms. The first-order chi connectivity index (χ1) is 8.86. The standard InChI is InChI=1S/C11H13F2N3O3/c1-2-3-8(14)11(17)15-10-7(13)4-6(12)5-9(10)16(18)19/h4-5,8H,2-3,14H2,1H3,(H,15,17)/t8-/m1/s1. The maximum Gasteiger partial charge on any atom is 0.298 e. The molecule has 0 saturated carbocycles. The summed E-state index contributed by atoms with van der Waals surface area (Å²) in [7, 11) is 0. The van der Waals surface area contributed by atoms with Gasteiger partial charge in [0.2, 0.25) is 5.91 Å². The van der Waals surface area contributed by atoms with Crippen molar-refractivity contribution in [1.82, 2.24) is 0 Å². The molecule has 1 aromatic carbocycles. The molecule has 0 saturated heterocycles. The van der Waals surface area contributed by atoms with Gasteiger partial charge in [0, 0.05) is 6.07 Å². The summed E-state index contributed by atoms with van der Waals surface area (Å²) in [6.07, 6.45) is 0.977. The first-order valence-corrected chi connectivity index (χ1v) is 5.56. The molecular weight excluding hydrogens is 260 g/mol. The van der Waals surface area contributed by atoms with E-state index in [4.69, 9.17) is 5.73 Å². The lowest BCUT2D eigenvalue weighted by Gasteiger charge is -2.12. The van der Waals surface area contributed by atoms with Gasteiger partial charge in [-0.2, -0.15) is 0 Å². The molecule has 0 aromatic heterocycles. The van der Waals surface area contributed by atoms with E-state index in [1.54, 1.807) is 6.92 Å². The molecule has 1 amide bonds. The Morgan fingerprint density at radius 1 is 1.53 bits per heavy atom. The third-order valence-electron chi connectivity index (χ3n) is 2.42. The molecule has 0 aliphatic heterocycles. The van der Waals surface area contributed by atoms with Crippen LogP contribution in [0.3, 0.4) is 0 Å². The van der Waals surface area contributed by atoms with Crippen LogP contribution in [-0.4, -0.2) is 16.9 Å². The fourth-order valence-electron chi connectivity index (χ4n) is 1.49. The minimum Gasteiger partial charge on any atom is -0.320 e. The average molecular weight is 273 g/mol. The van der Waals surface area contributed by atoms with E-state index < -0.39 is 39.9 Å². The third kappa shape index (κ3) is 3.68. The average Bonchev–Trinajstić information content (AvgIpc) is 2.32. The van der Waals surface area contributed by atoms with E-state index in [0.717, 1.165) is 0 Å². The molecule has 0 heterocycles. The number of nitrogens with one attached hydrogen (secondary N) is 1. The van der Waals surface area contributed by atoms with Crippen LogP contribution >= 0.6 is 0 Å². The number of anilines is 1. The van der Waals surface area contributed by atoms with E-state index in [-0.39, 0.29) is 0 Å². The summed E-state index contributed by atoms with van der Waals surface area (Å²) in [6, 6.07) is 0.0758. The SMILES string of the molecule is CCC[C@@H](N)C(=O)Nc1c(F)cc(F)cc1[N+](=O)[O-]. The van der Waals surface area contributed by atoms with E-state index >= 15 is 0 Å². The van der Waals surface area contributed by atoms with Gasteiger partial charge in [0.15, 0.2) is 11.5 Å². The predicted octanol–water partition coefficient (Wildman–Crippen LogP) is 1.94. The number of benzene rings is 1. The Hall–Kier alpha value is -2.09. The zero-order chi connectivity index (χ0) is 14.6. The van der Waals surface area contributed by atoms with Crippen LogP contribution in [0.1, 0.15) is 19.8 Å². The number of hydrogen-bond acceptors (Lipinski definition) is 4. The summed E-state index contributed by atoms with van der Waals surface area (Å²) in [5.41, 5.74) is 3.97. The van der Waals surface area contributed by atoms with Crippen molar-refractivity contribution in [3.8, 4) is 0 Å². The molecule has 0 radical (unpaired) electrons. The van der Waals surface area contributed by atoms with E-state index in [1.807, 2.05) is 5.32 Å². The van der Waals surface area contributed by atoms with Gasteiger partial charge in [-0.1, -0.05) is 13.3 Å². The minimum atomic E-state index is -1.22. The monoisotopic (exact) mass is 273 g/mol. The highest BCUT2D eigenvalue weighted by Gasteiger charge is 2.24. The summed E-state index contributed by atoms with van der Waals surface area (Å²) >= 11 is 0. The molecule has 1 rings (SSSR count). The van der Waals surface area contributed by atoms with E-state index in [2.05, 4.69) is 0 Å². The van der Waals surface area contributed by atoms with Gasteiger partial charge in [0.1, 0.15) is 5.82 Å². The Balaban J connectivity index is 3.06. The first kappa shape index (κ1) is 15.0. The number of rotatable bonds is 5. The molecule has 0 aliphatic rings. The fourth-order valence-corrected chi connectivity index (χ4v) is 1.49. The topological polar surface area (TPSA) is 98.3 Å². The Kier molecular flexibility index (Phi) is 4.87. The fraction of sp³-hybridized carbons (Fsp3) is 0.364. The highest BCUT2D eigenvalue weighted by atomic mass is 19.1. The molecule has 0 unspecified atom stereocenters. The molecule has 0 spiro atoms. The van der Waals surface area contributed by atoms with Gasteiger partial charge >= 0.3 is 0 Å². The van der Waals surface area contributed by atoms with Gasteiger partial charge in [-0.15, -0.1) is 0 Å². The highest BCUT2D eigenvalue weighted by molar-refractivity contribution is 5.96. The molecule has 19 heavy (non-hydrogen) atoms. The second kappa shape index (κ2) is 6.19. The van der Waals surface area contributed by atoms with Crippen LogP contribution in [0.5, 0.6) is 0 Å². The van der Waals surface area contributed by atoms with Crippen LogP contribution in [0.2, 0.25) is 0 Å². The van der Waals surface area contributed by atoms with E-state index in [9.17, 15) is 23.7 Å². The van der Waals surface area contributed by atoms with Crippen molar-refractivity contribution >= 4 is 17.3 Å². The maximum atomic E-state index is 13.5. The number of nitrogens with zero attached hydrogens (tertiary/aromatic N) is 1. The zero-order valence-corrected chi connectivity index (χ0v) is 10.2. The third-order valence-corrected chi connectivity index (χ3v) is 2.42. The molecule has 104 valence electrons. The van der Waals surface area contributed by atoms with Gasteiger partial charge in [-0.3, -0.25) is 14.9 Å². The van der Waals surface area contributed by atoms with Gasteiger partial charge < -0.3 is 11.1 Å². The van der Waals surface area contributed by atoms with Crippen LogP contribution in [0.25, 0.3) is 0 Å². The molecule has 0 aliphatic carbocycles. The Bertz CT molecular complexity index is 508. The Labute approximate surface area is 107 Å². The zero-order valence-electron chi connectivity index (χ0n) is 10.2. The number of carbonyl (C=O) groups excluding carboxylic acids is 1. The van der Waals surface area contributed by atoms with Crippen molar-refractivity contribution in [3.05, 3.63) is 33.9 Å². The number of nitro groups is 1. The summed E-state index contributed by atoms with van der Waals surface area (Å²) in [4.78, 5) is 21.3. The van der Waals surface area contributed by atoms with Crippen molar-refractivity contribution < 1.29 is 18.5 Å². The number of amides is 1. The molecular formula is C11H13F2N3O3. The molecule has 1 aromatic rings. The largest absolute Gasteiger partial charge is 0.320 e. The lowest BCUT2D eigenvalue weighted by molar-refractivity contribution is -0.384. The van der Waals surface area contributed by atoms with Crippen molar-refractivity contribution in [3.63, 3.8) is 0 Å². The Morgan fingerprint density at radius 3 is 2.68 bits per heavy atom. The van der Waals surface area contributed by atoms with Crippen LogP contribution in [0.15, 0.2) is 12.1 Å². The van der Waals surface area contributed by atoms with Gasteiger partial charge in [-0.25, -0.2) is 8.78 Å². The highest BCUT2D eigenvalue weighted by Crippen LogP contribution is 2.28. The van der Waals surface area contributed by atoms with Crippen LogP contribution in [0.4, 0.5) is 20.2 Å². The van der Waals surface area contributed by atoms with Crippen LogP contribution in [0, 0.1) is 21.7 Å². The smallest absolute Gasteiger partial charge is 0.298 e. The molecule has 1 atom stereocenters. The summed E-state index contributed by atoms with van der Waals surface area (Å²) in [6.45, 7) is 1.80. The van der Waals surface area contributed by atoms with Gasteiger partial charge in [0.05, 0.1) is 17.0 Å². The maximum absolute atomic E-state index is 13.5. The van der Waals surface area contributed by atoms with Crippen molar-refractivity contribution in [2.24, 2.45) is 5.73 Å². The number of carbonyl (C=O) groups is 1. The number of nitro benzene ring substituents is 1. The first-order valence-electron chi connectivity index (χ1n) is 5.56. The van der Waals surface area contributed by atoms with Gasteiger partial charge in [-0.05, 0) is 6.42 Å². The summed E-state index contributed by atoms with van der Waals surface area (Å²) in [5.74, 6) is -3.07. The number of hydrogen-bond donors (Lipinski definition) is 2. The summed E-state index contributed by atoms with van der Waals surface area (Å²) in [5, 5.41) is 12.7. The van der Waals surface area contributed by atoms with E-state index in [1.165, 1.54) is 0 Å². The molecule has 0 fully saturated rings. The van der Waals surface area contributed by atoms with Crippen LogP contribution in [-0.2, 0) is 4.79 Å². The van der Waals surface area contributed by atoms with Crippen molar-refractivity contribution in [2.45, 2.75) is 25.8 Å². The lowest BCUT2D eigenvalue weighted by Crippen LogP contribution is -2.35. The van der Waals surface area contributed by atoms with Crippen LogP contribution < -0.4 is 11.1 Å². The molecule has 6 nitrogen and oxygen atoms in total. The van der Waals surface area contributed by atoms with E-state index in [0.29, 0.717) is 25.0 Å². The molecule has 8 heteroatoms. The predicted molar refractivity (Wildman–Crippen MR) is 64.5 cm³/mol. The van der Waals surface area contributed by atoms with Crippen molar-refractivity contribution in [1.29, 1.82) is 0 Å². The van der Waals surface area contributed by atoms with Gasteiger partial charge in [0.25, 0.3) is 5.69 Å². The number of nitrogens with two attached hydrogens (primary N) is 1. The van der Waals surface area contributed by atoms with Crippen molar-refractivity contribution in [2.75, 3.05) is 5.32 Å².